The lowest BCUT2D eigenvalue weighted by atomic mass is 9.80. The molecule has 0 spiro atoms. The highest BCUT2D eigenvalue weighted by Crippen LogP contribution is 2.40. The lowest BCUT2D eigenvalue weighted by Crippen LogP contribution is -2.41. The topological polar surface area (TPSA) is 73.6 Å². The highest BCUT2D eigenvalue weighted by Gasteiger charge is 2.28. The third kappa shape index (κ3) is 4.60. The van der Waals surface area contributed by atoms with Gasteiger partial charge in [-0.25, -0.2) is 0 Å². The molecule has 2 aliphatic rings. The van der Waals surface area contributed by atoms with Crippen LogP contribution in [0.5, 0.6) is 5.75 Å². The van der Waals surface area contributed by atoms with Crippen molar-refractivity contribution in [2.45, 2.75) is 63.1 Å². The molecule has 0 aromatic heterocycles. The summed E-state index contributed by atoms with van der Waals surface area (Å²) in [6, 6.07) is 6.62. The number of carbonyl (C=O) groups is 1. The van der Waals surface area contributed by atoms with Gasteiger partial charge in [-0.1, -0.05) is 12.1 Å². The van der Waals surface area contributed by atoms with Gasteiger partial charge in [0.15, 0.2) is 6.29 Å². The molecule has 2 fully saturated rings. The van der Waals surface area contributed by atoms with E-state index < -0.39 is 0 Å². The summed E-state index contributed by atoms with van der Waals surface area (Å²) in [6.07, 6.45) is 6.49. The van der Waals surface area contributed by atoms with Crippen molar-refractivity contribution in [3.05, 3.63) is 29.3 Å². The van der Waals surface area contributed by atoms with Crippen LogP contribution in [0.25, 0.3) is 0 Å². The lowest BCUT2D eigenvalue weighted by molar-refractivity contribution is -0.109. The van der Waals surface area contributed by atoms with Crippen molar-refractivity contribution < 1.29 is 14.3 Å². The minimum absolute atomic E-state index is 0.115. The zero-order valence-corrected chi connectivity index (χ0v) is 15.1. The van der Waals surface area contributed by atoms with Crippen LogP contribution in [0.4, 0.5) is 0 Å². The summed E-state index contributed by atoms with van der Waals surface area (Å²) in [6.45, 7) is 3.95. The predicted molar refractivity (Wildman–Crippen MR) is 98.1 cm³/mol. The summed E-state index contributed by atoms with van der Waals surface area (Å²) in [5, 5.41) is 3.42. The quantitative estimate of drug-likeness (QED) is 0.741. The second kappa shape index (κ2) is 8.79. The van der Waals surface area contributed by atoms with Gasteiger partial charge in [-0.05, 0) is 63.1 Å². The molecule has 5 nitrogen and oxygen atoms in total. The number of nitrogens with one attached hydrogen (secondary N) is 1. The standard InChI is InChI=1S/C20H30N2O3/c1-14-3-2-4-19(24-12-11-23)20(14)15-5-7-16(8-6-15)25-13-18-17(21)9-10-22-18/h2-4,11,15-18,22H,5-10,12-13,21H2,1H3/t15-,16+,17-,18-/m0/s1. The maximum absolute atomic E-state index is 10.6. The average Bonchev–Trinajstić information content (AvgIpc) is 3.04. The monoisotopic (exact) mass is 346 g/mol. The Bertz CT molecular complexity index is 570. The number of carbonyl (C=O) groups excluding carboxylic acids is 1. The molecule has 0 bridgehead atoms. The number of hydrogen-bond acceptors (Lipinski definition) is 5. The van der Waals surface area contributed by atoms with Crippen molar-refractivity contribution in [3.8, 4) is 5.75 Å². The Morgan fingerprint density at radius 1 is 1.24 bits per heavy atom. The van der Waals surface area contributed by atoms with Crippen LogP contribution in [0, 0.1) is 6.92 Å². The molecule has 1 heterocycles. The molecule has 1 saturated carbocycles. The second-order valence-electron chi connectivity index (χ2n) is 7.28. The fourth-order valence-electron chi connectivity index (χ4n) is 4.15. The van der Waals surface area contributed by atoms with E-state index in [9.17, 15) is 4.79 Å². The zero-order chi connectivity index (χ0) is 17.6. The molecule has 5 heteroatoms. The molecule has 0 unspecified atom stereocenters. The van der Waals surface area contributed by atoms with Crippen LogP contribution >= 0.6 is 0 Å². The van der Waals surface area contributed by atoms with Gasteiger partial charge in [0.1, 0.15) is 12.4 Å². The Labute approximate surface area is 150 Å². The Morgan fingerprint density at radius 3 is 2.72 bits per heavy atom. The van der Waals surface area contributed by atoms with E-state index in [1.165, 1.54) is 11.1 Å². The third-order valence-corrected chi connectivity index (χ3v) is 5.59. The Kier molecular flexibility index (Phi) is 6.45. The molecule has 138 valence electrons. The summed E-state index contributed by atoms with van der Waals surface area (Å²) in [5.41, 5.74) is 8.60. The van der Waals surface area contributed by atoms with Crippen LogP contribution in [0.1, 0.15) is 49.1 Å². The molecule has 1 aromatic rings. The first-order chi connectivity index (χ1) is 12.2. The highest BCUT2D eigenvalue weighted by atomic mass is 16.5. The Morgan fingerprint density at radius 2 is 2.04 bits per heavy atom. The Hall–Kier alpha value is -1.43. The molecule has 3 rings (SSSR count). The first-order valence-electron chi connectivity index (χ1n) is 9.45. The van der Waals surface area contributed by atoms with Crippen LogP contribution in [0.3, 0.4) is 0 Å². The number of nitrogens with two attached hydrogens (primary N) is 1. The van der Waals surface area contributed by atoms with Crippen molar-refractivity contribution in [3.63, 3.8) is 0 Å². The van der Waals surface area contributed by atoms with Crippen LogP contribution in [-0.4, -0.2) is 44.2 Å². The van der Waals surface area contributed by atoms with Gasteiger partial charge >= 0.3 is 0 Å². The summed E-state index contributed by atoms with van der Waals surface area (Å²) in [4.78, 5) is 10.6. The van der Waals surface area contributed by atoms with E-state index in [1.54, 1.807) is 0 Å². The van der Waals surface area contributed by atoms with Crippen molar-refractivity contribution >= 4 is 6.29 Å². The lowest BCUT2D eigenvalue weighted by Gasteiger charge is -2.31. The number of rotatable bonds is 7. The number of hydrogen-bond donors (Lipinski definition) is 2. The highest BCUT2D eigenvalue weighted by molar-refractivity contribution is 5.52. The normalized spacial score (nSPS) is 29.5. The largest absolute Gasteiger partial charge is 0.486 e. The number of aryl methyl sites for hydroxylation is 1. The third-order valence-electron chi connectivity index (χ3n) is 5.59. The summed E-state index contributed by atoms with van der Waals surface area (Å²) in [5.74, 6) is 1.34. The van der Waals surface area contributed by atoms with Crippen LogP contribution in [0.2, 0.25) is 0 Å². The molecule has 3 N–H and O–H groups in total. The maximum atomic E-state index is 10.6. The first kappa shape index (κ1) is 18.4. The minimum Gasteiger partial charge on any atom is -0.486 e. The smallest absolute Gasteiger partial charge is 0.157 e. The first-order valence-corrected chi connectivity index (χ1v) is 9.45. The van der Waals surface area contributed by atoms with Gasteiger partial charge < -0.3 is 20.5 Å². The van der Waals surface area contributed by atoms with Gasteiger partial charge in [-0.15, -0.1) is 0 Å². The number of benzene rings is 1. The minimum atomic E-state index is 0.115. The fraction of sp³-hybridized carbons (Fsp3) is 0.650. The van der Waals surface area contributed by atoms with Crippen LogP contribution in [0.15, 0.2) is 18.2 Å². The van der Waals surface area contributed by atoms with Crippen molar-refractivity contribution in [2.24, 2.45) is 5.73 Å². The molecular weight excluding hydrogens is 316 g/mol. The molecule has 1 aliphatic heterocycles. The Balaban J connectivity index is 1.54. The molecule has 0 radical (unpaired) electrons. The van der Waals surface area contributed by atoms with E-state index in [1.807, 2.05) is 12.1 Å². The van der Waals surface area contributed by atoms with Crippen LogP contribution in [-0.2, 0) is 9.53 Å². The molecule has 1 aromatic carbocycles. The van der Waals surface area contributed by atoms with Gasteiger partial charge in [0.05, 0.1) is 12.7 Å². The van der Waals surface area contributed by atoms with Crippen LogP contribution < -0.4 is 15.8 Å². The van der Waals surface area contributed by atoms with E-state index in [-0.39, 0.29) is 12.6 Å². The number of aldehydes is 1. The van der Waals surface area contributed by atoms with Gasteiger partial charge in [0, 0.05) is 17.6 Å². The molecule has 2 atom stereocenters. The van der Waals surface area contributed by atoms with E-state index in [0.29, 0.717) is 24.7 Å². The molecule has 1 saturated heterocycles. The molecule has 1 aliphatic carbocycles. The van der Waals surface area contributed by atoms with Crippen molar-refractivity contribution in [1.82, 2.24) is 5.32 Å². The SMILES string of the molecule is Cc1cccc(OCC=O)c1[C@H]1CC[C@@H](OC[C@@H]2NCC[C@@H]2N)CC1. The van der Waals surface area contributed by atoms with E-state index >= 15 is 0 Å². The summed E-state index contributed by atoms with van der Waals surface area (Å²) in [7, 11) is 0. The maximum Gasteiger partial charge on any atom is 0.157 e. The van der Waals surface area contributed by atoms with Gasteiger partial charge in [0.2, 0.25) is 0 Å². The molecule has 25 heavy (non-hydrogen) atoms. The van der Waals surface area contributed by atoms with E-state index in [0.717, 1.165) is 50.7 Å². The fourth-order valence-corrected chi connectivity index (χ4v) is 4.15. The van der Waals surface area contributed by atoms with Gasteiger partial charge in [0.25, 0.3) is 0 Å². The van der Waals surface area contributed by atoms with Gasteiger partial charge in [-0.3, -0.25) is 4.79 Å². The summed E-state index contributed by atoms with van der Waals surface area (Å²) < 4.78 is 11.8. The van der Waals surface area contributed by atoms with Crippen molar-refractivity contribution in [2.75, 3.05) is 19.8 Å². The van der Waals surface area contributed by atoms with Gasteiger partial charge in [-0.2, -0.15) is 0 Å². The van der Waals surface area contributed by atoms with Crippen molar-refractivity contribution in [1.29, 1.82) is 0 Å². The van der Waals surface area contributed by atoms with E-state index in [4.69, 9.17) is 15.2 Å². The second-order valence-corrected chi connectivity index (χ2v) is 7.28. The average molecular weight is 346 g/mol. The predicted octanol–water partition coefficient (Wildman–Crippen LogP) is 2.30. The molecular formula is C20H30N2O3. The summed E-state index contributed by atoms with van der Waals surface area (Å²) >= 11 is 0. The zero-order valence-electron chi connectivity index (χ0n) is 15.1. The van der Waals surface area contributed by atoms with E-state index in [2.05, 4.69) is 18.3 Å². The number of ether oxygens (including phenoxy) is 2. The molecule has 0 amide bonds.